The van der Waals surface area contributed by atoms with E-state index in [-0.39, 0.29) is 12.1 Å². The zero-order valence-electron chi connectivity index (χ0n) is 14.1. The average Bonchev–Trinajstić information content (AvgIpc) is 3.30. The molecule has 3 heterocycles. The van der Waals surface area contributed by atoms with Crippen LogP contribution in [0.2, 0.25) is 0 Å². The number of furan rings is 1. The number of carbonyl (C=O) groups excluding carboxylic acids is 1. The summed E-state index contributed by atoms with van der Waals surface area (Å²) in [6.07, 6.45) is 2.51. The zero-order valence-corrected chi connectivity index (χ0v) is 14.9. The first-order valence-corrected chi connectivity index (χ1v) is 9.07. The van der Waals surface area contributed by atoms with Crippen molar-refractivity contribution < 1.29 is 18.7 Å². The van der Waals surface area contributed by atoms with Crippen molar-refractivity contribution in [3.8, 4) is 0 Å². The molecule has 0 spiro atoms. The van der Waals surface area contributed by atoms with E-state index in [2.05, 4.69) is 22.4 Å². The maximum absolute atomic E-state index is 11.8. The molecule has 0 saturated carbocycles. The topological polar surface area (TPSA) is 51.9 Å². The highest BCUT2D eigenvalue weighted by atomic mass is 32.1. The molecule has 1 unspecified atom stereocenters. The number of hydrogen-bond donors (Lipinski definition) is 0. The molecule has 0 aromatic carbocycles. The van der Waals surface area contributed by atoms with E-state index in [9.17, 15) is 4.79 Å². The second kappa shape index (κ2) is 7.96. The number of aryl methyl sites for hydroxylation is 1. The Morgan fingerprint density at radius 1 is 1.46 bits per heavy atom. The average molecular weight is 349 g/mol. The van der Waals surface area contributed by atoms with Crippen LogP contribution < -0.4 is 0 Å². The van der Waals surface area contributed by atoms with Crippen LogP contribution in [0.5, 0.6) is 0 Å². The third-order valence-electron chi connectivity index (χ3n) is 4.20. The Balaban J connectivity index is 1.71. The Bertz CT molecular complexity index is 659. The summed E-state index contributed by atoms with van der Waals surface area (Å²) in [6, 6.07) is 6.00. The van der Waals surface area contributed by atoms with Crippen molar-refractivity contribution >= 4 is 17.3 Å². The first-order chi connectivity index (χ1) is 11.7. The van der Waals surface area contributed by atoms with Gasteiger partial charge in [-0.2, -0.15) is 0 Å². The molecule has 1 saturated heterocycles. The van der Waals surface area contributed by atoms with Gasteiger partial charge in [0.25, 0.3) is 0 Å². The van der Waals surface area contributed by atoms with Crippen molar-refractivity contribution in [2.45, 2.75) is 39.0 Å². The predicted molar refractivity (Wildman–Crippen MR) is 92.2 cm³/mol. The minimum atomic E-state index is -0.355. The monoisotopic (exact) mass is 349 g/mol. The highest BCUT2D eigenvalue weighted by Gasteiger charge is 2.22. The van der Waals surface area contributed by atoms with E-state index in [4.69, 9.17) is 13.9 Å². The lowest BCUT2D eigenvalue weighted by Crippen LogP contribution is -2.31. The standard InChI is InChI=1S/C18H23NO4S/c1-13-17(18(20)21-2)9-15(23-13)11-19(10-14-5-3-7-22-14)12-16-6-4-8-24-16/h4,6,8-9,14H,3,5,7,10-12H2,1-2H3. The molecule has 1 aliphatic rings. The third kappa shape index (κ3) is 4.26. The van der Waals surface area contributed by atoms with Gasteiger partial charge in [-0.15, -0.1) is 11.3 Å². The molecular formula is C18H23NO4S. The lowest BCUT2D eigenvalue weighted by Gasteiger charge is -2.23. The maximum atomic E-state index is 11.8. The summed E-state index contributed by atoms with van der Waals surface area (Å²) in [5.41, 5.74) is 0.501. The van der Waals surface area contributed by atoms with Crippen LogP contribution in [0, 0.1) is 6.92 Å². The molecule has 5 nitrogen and oxygen atoms in total. The Kier molecular flexibility index (Phi) is 5.71. The van der Waals surface area contributed by atoms with Crippen molar-refractivity contribution in [1.29, 1.82) is 0 Å². The number of hydrogen-bond acceptors (Lipinski definition) is 6. The molecular weight excluding hydrogens is 326 g/mol. The summed E-state index contributed by atoms with van der Waals surface area (Å²) in [5.74, 6) is 1.03. The molecule has 2 aromatic rings. The maximum Gasteiger partial charge on any atom is 0.341 e. The van der Waals surface area contributed by atoms with Gasteiger partial charge in [0, 0.05) is 24.6 Å². The molecule has 130 valence electrons. The van der Waals surface area contributed by atoms with Gasteiger partial charge in [-0.1, -0.05) is 6.07 Å². The van der Waals surface area contributed by atoms with Crippen molar-refractivity contribution in [1.82, 2.24) is 4.90 Å². The van der Waals surface area contributed by atoms with E-state index in [1.807, 2.05) is 0 Å². The van der Waals surface area contributed by atoms with Crippen LogP contribution in [0.3, 0.4) is 0 Å². The third-order valence-corrected chi connectivity index (χ3v) is 5.06. The number of nitrogens with zero attached hydrogens (tertiary/aromatic N) is 1. The number of carbonyl (C=O) groups is 1. The van der Waals surface area contributed by atoms with E-state index >= 15 is 0 Å². The molecule has 1 aliphatic heterocycles. The van der Waals surface area contributed by atoms with E-state index in [0.717, 1.165) is 38.3 Å². The fourth-order valence-electron chi connectivity index (χ4n) is 3.04. The number of methoxy groups -OCH3 is 1. The van der Waals surface area contributed by atoms with Gasteiger partial charge >= 0.3 is 5.97 Å². The van der Waals surface area contributed by atoms with Gasteiger partial charge < -0.3 is 13.9 Å². The minimum absolute atomic E-state index is 0.279. The Morgan fingerprint density at radius 3 is 3.00 bits per heavy atom. The zero-order chi connectivity index (χ0) is 16.9. The Hall–Kier alpha value is -1.63. The van der Waals surface area contributed by atoms with Crippen LogP contribution in [0.1, 0.15) is 39.6 Å². The molecule has 2 aromatic heterocycles. The Morgan fingerprint density at radius 2 is 2.33 bits per heavy atom. The van der Waals surface area contributed by atoms with Crippen molar-refractivity contribution in [3.63, 3.8) is 0 Å². The fraction of sp³-hybridized carbons (Fsp3) is 0.500. The summed E-state index contributed by atoms with van der Waals surface area (Å²) in [4.78, 5) is 15.4. The van der Waals surface area contributed by atoms with Gasteiger partial charge in [-0.25, -0.2) is 4.79 Å². The molecule has 0 bridgehead atoms. The minimum Gasteiger partial charge on any atom is -0.465 e. The highest BCUT2D eigenvalue weighted by Crippen LogP contribution is 2.22. The highest BCUT2D eigenvalue weighted by molar-refractivity contribution is 7.09. The van der Waals surface area contributed by atoms with Gasteiger partial charge in [0.15, 0.2) is 0 Å². The van der Waals surface area contributed by atoms with E-state index in [1.165, 1.54) is 12.0 Å². The summed E-state index contributed by atoms with van der Waals surface area (Å²) >= 11 is 1.75. The molecule has 0 radical (unpaired) electrons. The largest absolute Gasteiger partial charge is 0.465 e. The molecule has 6 heteroatoms. The first kappa shape index (κ1) is 17.2. The van der Waals surface area contributed by atoms with E-state index in [1.54, 1.807) is 24.3 Å². The van der Waals surface area contributed by atoms with Gasteiger partial charge in [0.1, 0.15) is 17.1 Å². The predicted octanol–water partition coefficient (Wildman–Crippen LogP) is 3.62. The smallest absolute Gasteiger partial charge is 0.341 e. The molecule has 0 amide bonds. The van der Waals surface area contributed by atoms with Gasteiger partial charge in [0.05, 0.1) is 19.8 Å². The van der Waals surface area contributed by atoms with E-state index < -0.39 is 0 Å². The normalized spacial score (nSPS) is 17.5. The number of rotatable bonds is 7. The summed E-state index contributed by atoms with van der Waals surface area (Å²) < 4.78 is 16.4. The molecule has 0 aliphatic carbocycles. The van der Waals surface area contributed by atoms with Crippen LogP contribution in [-0.2, 0) is 22.6 Å². The first-order valence-electron chi connectivity index (χ1n) is 8.19. The molecule has 0 N–H and O–H groups in total. The molecule has 24 heavy (non-hydrogen) atoms. The summed E-state index contributed by atoms with van der Waals surface area (Å²) in [6.45, 7) is 5.01. The van der Waals surface area contributed by atoms with Crippen LogP contribution in [-0.4, -0.2) is 37.2 Å². The van der Waals surface area contributed by atoms with Crippen LogP contribution in [0.15, 0.2) is 28.0 Å². The van der Waals surface area contributed by atoms with E-state index in [0.29, 0.717) is 17.9 Å². The van der Waals surface area contributed by atoms with Gasteiger partial charge in [-0.3, -0.25) is 4.90 Å². The van der Waals surface area contributed by atoms with Crippen LogP contribution in [0.4, 0.5) is 0 Å². The van der Waals surface area contributed by atoms with Crippen molar-refractivity contribution in [2.75, 3.05) is 20.3 Å². The summed E-state index contributed by atoms with van der Waals surface area (Å²) in [7, 11) is 1.38. The second-order valence-electron chi connectivity index (χ2n) is 6.06. The van der Waals surface area contributed by atoms with Gasteiger partial charge in [0.2, 0.25) is 0 Å². The van der Waals surface area contributed by atoms with Gasteiger partial charge in [-0.05, 0) is 37.3 Å². The second-order valence-corrected chi connectivity index (χ2v) is 7.09. The van der Waals surface area contributed by atoms with Crippen molar-refractivity contribution in [2.24, 2.45) is 0 Å². The van der Waals surface area contributed by atoms with Crippen LogP contribution in [0.25, 0.3) is 0 Å². The SMILES string of the molecule is COC(=O)c1cc(CN(Cc2cccs2)CC2CCCO2)oc1C. The lowest BCUT2D eigenvalue weighted by molar-refractivity contribution is 0.0598. The van der Waals surface area contributed by atoms with Crippen LogP contribution >= 0.6 is 11.3 Å². The quantitative estimate of drug-likeness (QED) is 0.715. The number of thiophene rings is 1. The lowest BCUT2D eigenvalue weighted by atomic mass is 10.2. The fourth-order valence-corrected chi connectivity index (χ4v) is 3.79. The number of ether oxygens (including phenoxy) is 2. The summed E-state index contributed by atoms with van der Waals surface area (Å²) in [5, 5.41) is 2.09. The number of esters is 1. The molecule has 3 rings (SSSR count). The molecule has 1 fully saturated rings. The van der Waals surface area contributed by atoms with Crippen molar-refractivity contribution in [3.05, 3.63) is 45.5 Å². The Labute approximate surface area is 146 Å². The molecule has 1 atom stereocenters.